The van der Waals surface area contributed by atoms with Crippen molar-refractivity contribution in [1.82, 2.24) is 0 Å². The van der Waals surface area contributed by atoms with E-state index >= 15 is 0 Å². The number of halogens is 1. The van der Waals surface area contributed by atoms with Gasteiger partial charge in [0.1, 0.15) is 12.3 Å². The second kappa shape index (κ2) is 12.2. The molecule has 3 nitrogen and oxygen atoms in total. The molecule has 43 heavy (non-hydrogen) atoms. The molecule has 0 unspecified atom stereocenters. The zero-order chi connectivity index (χ0) is 30.2. The van der Waals surface area contributed by atoms with Gasteiger partial charge in [-0.05, 0) is 80.0 Å². The van der Waals surface area contributed by atoms with E-state index in [1.807, 2.05) is 0 Å². The number of methoxy groups -OCH3 is 1. The summed E-state index contributed by atoms with van der Waals surface area (Å²) in [5.74, 6) is 0.961. The van der Waals surface area contributed by atoms with Crippen molar-refractivity contribution in [3.8, 4) is 5.75 Å². The number of hydrogen-bond donors (Lipinski definition) is 0. The molecule has 0 saturated heterocycles. The Morgan fingerprint density at radius 1 is 0.930 bits per heavy atom. The smallest absolute Gasteiger partial charge is 0.210 e. The van der Waals surface area contributed by atoms with Gasteiger partial charge in [-0.1, -0.05) is 82.0 Å². The Balaban J connectivity index is 1.37. The summed E-state index contributed by atoms with van der Waals surface area (Å²) < 4.78 is 8.30. The van der Waals surface area contributed by atoms with E-state index < -0.39 is 0 Å². The number of likely N-dealkylation sites (N-methyl/N-ethyl adjacent to an activating group) is 1. The largest absolute Gasteiger partial charge is 0.497 e. The van der Waals surface area contributed by atoms with Crippen molar-refractivity contribution >= 4 is 28.7 Å². The summed E-state index contributed by atoms with van der Waals surface area (Å²) in [6, 6.07) is 15.6. The lowest BCUT2D eigenvalue weighted by Crippen LogP contribution is -2.36. The Morgan fingerprint density at radius 3 is 2.47 bits per heavy atom. The molecule has 0 atom stereocenters. The lowest BCUT2D eigenvalue weighted by Gasteiger charge is -2.31. The third-order valence-corrected chi connectivity index (χ3v) is 10.9. The van der Waals surface area contributed by atoms with Crippen LogP contribution in [0.3, 0.4) is 0 Å². The fourth-order valence-corrected chi connectivity index (χ4v) is 8.55. The van der Waals surface area contributed by atoms with Crippen molar-refractivity contribution in [3.05, 3.63) is 99.8 Å². The van der Waals surface area contributed by atoms with Gasteiger partial charge in [0, 0.05) is 52.5 Å². The Bertz CT molecular complexity index is 1550. The van der Waals surface area contributed by atoms with E-state index in [-0.39, 0.29) is 10.8 Å². The first-order valence-corrected chi connectivity index (χ1v) is 16.9. The average molecular weight is 596 g/mol. The number of fused-ring (bicyclic) bond motifs is 3. The van der Waals surface area contributed by atoms with Gasteiger partial charge in [0.2, 0.25) is 5.69 Å². The quantitative estimate of drug-likeness (QED) is 0.296. The van der Waals surface area contributed by atoms with Crippen LogP contribution >= 0.6 is 11.6 Å². The Morgan fingerprint density at radius 2 is 1.72 bits per heavy atom. The van der Waals surface area contributed by atoms with Crippen LogP contribution in [0.25, 0.3) is 0 Å². The lowest BCUT2D eigenvalue weighted by molar-refractivity contribution is -0.437. The van der Waals surface area contributed by atoms with Gasteiger partial charge in [-0.2, -0.15) is 4.58 Å². The van der Waals surface area contributed by atoms with Gasteiger partial charge in [-0.25, -0.2) is 0 Å². The average Bonchev–Trinajstić information content (AvgIpc) is 3.40. The van der Waals surface area contributed by atoms with Crippen LogP contribution in [0.1, 0.15) is 96.6 Å². The molecule has 4 heteroatoms. The van der Waals surface area contributed by atoms with Crippen molar-refractivity contribution in [1.29, 1.82) is 0 Å². The molecule has 2 aromatic carbocycles. The second-order valence-electron chi connectivity index (χ2n) is 13.2. The predicted octanol–water partition coefficient (Wildman–Crippen LogP) is 10.3. The molecule has 0 amide bonds. The Hall–Kier alpha value is -3.04. The van der Waals surface area contributed by atoms with Crippen LogP contribution in [0.15, 0.2) is 88.6 Å². The molecular weight excluding hydrogens is 548 g/mol. The zero-order valence-electron chi connectivity index (χ0n) is 26.8. The van der Waals surface area contributed by atoms with Gasteiger partial charge in [-0.3, -0.25) is 0 Å². The van der Waals surface area contributed by atoms with E-state index in [9.17, 15) is 0 Å². The molecule has 226 valence electrons. The number of para-hydroxylation sites is 1. The maximum absolute atomic E-state index is 7.23. The highest BCUT2D eigenvalue weighted by Crippen LogP contribution is 2.51. The van der Waals surface area contributed by atoms with Crippen LogP contribution in [-0.4, -0.2) is 30.5 Å². The first-order chi connectivity index (χ1) is 20.9. The van der Waals surface area contributed by atoms with Crippen LogP contribution in [0.2, 0.25) is 0 Å². The molecule has 6 rings (SSSR count). The summed E-state index contributed by atoms with van der Waals surface area (Å²) in [5, 5.41) is 0.938. The molecule has 2 aliphatic heterocycles. The molecule has 0 radical (unpaired) electrons. The molecule has 2 aliphatic carbocycles. The first kappa shape index (κ1) is 30.0. The minimum Gasteiger partial charge on any atom is -0.497 e. The number of hydrogen-bond acceptors (Lipinski definition) is 2. The molecular formula is C39H48ClN2O+. The first-order valence-electron chi connectivity index (χ1n) is 16.5. The number of benzene rings is 2. The predicted molar refractivity (Wildman–Crippen MR) is 182 cm³/mol. The number of anilines is 1. The van der Waals surface area contributed by atoms with Crippen molar-refractivity contribution < 1.29 is 9.31 Å². The van der Waals surface area contributed by atoms with Crippen LogP contribution in [-0.2, 0) is 10.8 Å². The van der Waals surface area contributed by atoms with Crippen molar-refractivity contribution in [2.45, 2.75) is 96.3 Å². The molecule has 0 bridgehead atoms. The normalized spacial score (nSPS) is 22.8. The van der Waals surface area contributed by atoms with Gasteiger partial charge in [0.25, 0.3) is 0 Å². The highest BCUT2D eigenvalue weighted by molar-refractivity contribution is 6.32. The molecule has 2 aromatic rings. The van der Waals surface area contributed by atoms with Crippen molar-refractivity contribution in [3.63, 3.8) is 0 Å². The van der Waals surface area contributed by atoms with Gasteiger partial charge in [0.15, 0.2) is 5.71 Å². The van der Waals surface area contributed by atoms with Crippen LogP contribution in [0.4, 0.5) is 11.4 Å². The fraction of sp³-hybridized carbons (Fsp3) is 0.462. The maximum Gasteiger partial charge on any atom is 0.210 e. The van der Waals surface area contributed by atoms with E-state index in [1.54, 1.807) is 7.11 Å². The topological polar surface area (TPSA) is 15.5 Å². The Labute approximate surface area is 264 Å². The minimum absolute atomic E-state index is 0.0366. The summed E-state index contributed by atoms with van der Waals surface area (Å²) in [4.78, 5) is 2.46. The summed E-state index contributed by atoms with van der Waals surface area (Å²) in [6.07, 6.45) is 20.0. The van der Waals surface area contributed by atoms with E-state index in [0.29, 0.717) is 0 Å². The molecule has 1 spiro atoms. The van der Waals surface area contributed by atoms with Gasteiger partial charge < -0.3 is 9.64 Å². The van der Waals surface area contributed by atoms with Crippen molar-refractivity contribution in [2.24, 2.45) is 0 Å². The van der Waals surface area contributed by atoms with Gasteiger partial charge >= 0.3 is 0 Å². The zero-order valence-corrected chi connectivity index (χ0v) is 27.6. The SMILES string of the molecule is CCC[N+]1=C(/C=C/C2=C(Cl)C(=C/C=C3/N(CC)c4ccccc4C3(C)C)/CCC2)C2(CCCCC2)c2cc(OC)ccc21. The summed E-state index contributed by atoms with van der Waals surface area (Å²) in [5.41, 5.74) is 10.9. The van der Waals surface area contributed by atoms with Crippen molar-refractivity contribution in [2.75, 3.05) is 25.1 Å². The molecule has 0 aromatic heterocycles. The molecule has 4 aliphatic rings. The van der Waals surface area contributed by atoms with Crippen LogP contribution in [0.5, 0.6) is 5.75 Å². The van der Waals surface area contributed by atoms with Crippen LogP contribution < -0.4 is 9.64 Å². The molecule has 0 N–H and O–H groups in total. The summed E-state index contributed by atoms with van der Waals surface area (Å²) in [7, 11) is 1.78. The summed E-state index contributed by atoms with van der Waals surface area (Å²) >= 11 is 7.23. The van der Waals surface area contributed by atoms with E-state index in [0.717, 1.165) is 49.6 Å². The highest BCUT2D eigenvalue weighted by atomic mass is 35.5. The fourth-order valence-electron chi connectivity index (χ4n) is 8.23. The molecule has 2 heterocycles. The lowest BCUT2D eigenvalue weighted by atomic mass is 9.67. The number of ether oxygens (including phenoxy) is 1. The standard InChI is InChI=1S/C39H48ClN2O/c1-6-26-42-34-21-20-30(43-5)27-32(34)39(24-11-8-12-25-39)36(42)23-19-29-15-13-14-28(37(29)40)18-22-35-38(3,4)31-16-9-10-17-33(31)41(35)7-2/h9-10,16-23,27H,6-8,11-15,24-26H2,1-5H3/q+1. The van der Waals surface area contributed by atoms with Gasteiger partial charge in [0.05, 0.1) is 12.5 Å². The van der Waals surface area contributed by atoms with E-state index in [4.69, 9.17) is 16.3 Å². The second-order valence-corrected chi connectivity index (χ2v) is 13.6. The third-order valence-electron chi connectivity index (χ3n) is 10.4. The van der Waals surface area contributed by atoms with E-state index in [1.165, 1.54) is 77.2 Å². The molecule has 1 saturated carbocycles. The minimum atomic E-state index is -0.0366. The Kier molecular flexibility index (Phi) is 8.48. The highest BCUT2D eigenvalue weighted by Gasteiger charge is 2.51. The van der Waals surface area contributed by atoms with E-state index in [2.05, 4.69) is 104 Å². The van der Waals surface area contributed by atoms with Gasteiger partial charge in [-0.15, -0.1) is 0 Å². The number of allylic oxidation sites excluding steroid dienone is 8. The number of rotatable bonds is 7. The monoisotopic (exact) mass is 595 g/mol. The molecule has 1 fully saturated rings. The third kappa shape index (κ3) is 5.12. The maximum atomic E-state index is 7.23. The summed E-state index contributed by atoms with van der Waals surface area (Å²) in [6.45, 7) is 11.2. The number of nitrogens with zero attached hydrogens (tertiary/aromatic N) is 2. The van der Waals surface area contributed by atoms with Crippen LogP contribution in [0, 0.1) is 0 Å².